The van der Waals surface area contributed by atoms with Crippen molar-refractivity contribution >= 4 is 51.6 Å². The van der Waals surface area contributed by atoms with Crippen LogP contribution in [-0.2, 0) is 9.05 Å². The van der Waals surface area contributed by atoms with Crippen LogP contribution >= 0.6 is 42.5 Å². The van der Waals surface area contributed by atoms with Crippen LogP contribution in [0.2, 0.25) is 0 Å². The zero-order chi connectivity index (χ0) is 14.0. The third-order valence-electron chi connectivity index (χ3n) is 2.23. The van der Waals surface area contributed by atoms with Crippen molar-refractivity contribution in [3.05, 3.63) is 51.4 Å². The standard InChI is InChI=1S/C12H7Br2ClO3S/c13-8-1-3-9(4-2-8)18-12-6-5-10(7-11(12)14)19(15,16)17/h1-7H. The highest BCUT2D eigenvalue weighted by Gasteiger charge is 2.13. The minimum atomic E-state index is -3.74. The van der Waals surface area contributed by atoms with Crippen LogP contribution in [0.25, 0.3) is 0 Å². The van der Waals surface area contributed by atoms with E-state index in [-0.39, 0.29) is 4.90 Å². The molecule has 0 atom stereocenters. The maximum atomic E-state index is 11.2. The third kappa shape index (κ3) is 3.95. The van der Waals surface area contributed by atoms with Gasteiger partial charge in [-0.15, -0.1) is 0 Å². The average molecular weight is 427 g/mol. The summed E-state index contributed by atoms with van der Waals surface area (Å²) in [5.74, 6) is 1.15. The maximum Gasteiger partial charge on any atom is 0.261 e. The van der Waals surface area contributed by atoms with E-state index in [1.54, 1.807) is 18.2 Å². The van der Waals surface area contributed by atoms with Gasteiger partial charge in [0.05, 0.1) is 9.37 Å². The molecule has 0 heterocycles. The molecule has 0 saturated heterocycles. The molecular formula is C12H7Br2ClO3S. The molecule has 0 aliphatic heterocycles. The van der Waals surface area contributed by atoms with Gasteiger partial charge in [0.25, 0.3) is 9.05 Å². The van der Waals surface area contributed by atoms with E-state index < -0.39 is 9.05 Å². The van der Waals surface area contributed by atoms with Crippen molar-refractivity contribution in [3.8, 4) is 11.5 Å². The minimum absolute atomic E-state index is 0.0178. The predicted octanol–water partition coefficient (Wildman–Crippen LogP) is 4.93. The van der Waals surface area contributed by atoms with E-state index in [9.17, 15) is 8.42 Å². The molecule has 0 fully saturated rings. The smallest absolute Gasteiger partial charge is 0.261 e. The Balaban J connectivity index is 2.29. The van der Waals surface area contributed by atoms with Crippen LogP contribution in [-0.4, -0.2) is 8.42 Å². The lowest BCUT2D eigenvalue weighted by Crippen LogP contribution is -1.92. The monoisotopic (exact) mass is 424 g/mol. The Morgan fingerprint density at radius 1 is 1.00 bits per heavy atom. The van der Waals surface area contributed by atoms with Crippen molar-refractivity contribution in [1.29, 1.82) is 0 Å². The predicted molar refractivity (Wildman–Crippen MR) is 81.4 cm³/mol. The summed E-state index contributed by atoms with van der Waals surface area (Å²) in [6.45, 7) is 0. The first-order valence-corrected chi connectivity index (χ1v) is 8.93. The number of rotatable bonds is 3. The summed E-state index contributed by atoms with van der Waals surface area (Å²) in [5.41, 5.74) is 0. The molecule has 0 saturated carbocycles. The van der Waals surface area contributed by atoms with E-state index in [2.05, 4.69) is 31.9 Å². The van der Waals surface area contributed by atoms with E-state index in [0.717, 1.165) is 4.47 Å². The minimum Gasteiger partial charge on any atom is -0.456 e. The normalized spacial score (nSPS) is 11.3. The summed E-state index contributed by atoms with van der Waals surface area (Å²) in [6.07, 6.45) is 0. The second-order valence-electron chi connectivity index (χ2n) is 3.59. The van der Waals surface area contributed by atoms with Gasteiger partial charge in [0.15, 0.2) is 0 Å². The van der Waals surface area contributed by atoms with Crippen molar-refractivity contribution in [2.45, 2.75) is 4.90 Å². The fraction of sp³-hybridized carbons (Fsp3) is 0. The van der Waals surface area contributed by atoms with Gasteiger partial charge in [-0.2, -0.15) is 0 Å². The van der Waals surface area contributed by atoms with Gasteiger partial charge in [0.2, 0.25) is 0 Å². The van der Waals surface area contributed by atoms with Crippen LogP contribution in [0.15, 0.2) is 56.3 Å². The molecular weight excluding hydrogens is 419 g/mol. The molecule has 0 N–H and O–H groups in total. The largest absolute Gasteiger partial charge is 0.456 e. The van der Waals surface area contributed by atoms with Crippen molar-refractivity contribution in [3.63, 3.8) is 0 Å². The van der Waals surface area contributed by atoms with Gasteiger partial charge in [-0.1, -0.05) is 15.9 Å². The quantitative estimate of drug-likeness (QED) is 0.654. The Kier molecular flexibility index (Phi) is 4.55. The van der Waals surface area contributed by atoms with E-state index in [4.69, 9.17) is 15.4 Å². The highest BCUT2D eigenvalue weighted by atomic mass is 79.9. The first kappa shape index (κ1) is 14.8. The number of benzene rings is 2. The van der Waals surface area contributed by atoms with Gasteiger partial charge >= 0.3 is 0 Å². The van der Waals surface area contributed by atoms with Gasteiger partial charge in [-0.05, 0) is 58.4 Å². The lowest BCUT2D eigenvalue weighted by atomic mass is 10.3. The van der Waals surface area contributed by atoms with Crippen molar-refractivity contribution in [2.75, 3.05) is 0 Å². The number of halogens is 3. The molecule has 0 unspecified atom stereocenters. The molecule has 2 aromatic rings. The van der Waals surface area contributed by atoms with Gasteiger partial charge in [0, 0.05) is 15.2 Å². The topological polar surface area (TPSA) is 43.4 Å². The summed E-state index contributed by atoms with van der Waals surface area (Å²) in [4.78, 5) is 0.0178. The summed E-state index contributed by atoms with van der Waals surface area (Å²) in [7, 11) is 1.53. The molecule has 19 heavy (non-hydrogen) atoms. The SMILES string of the molecule is O=S(=O)(Cl)c1ccc(Oc2ccc(Br)cc2)c(Br)c1. The molecule has 2 rings (SSSR count). The first-order valence-electron chi connectivity index (χ1n) is 5.04. The van der Waals surface area contributed by atoms with E-state index in [1.807, 2.05) is 12.1 Å². The van der Waals surface area contributed by atoms with E-state index >= 15 is 0 Å². The van der Waals surface area contributed by atoms with Crippen LogP contribution in [0.1, 0.15) is 0 Å². The molecule has 0 aliphatic rings. The molecule has 0 aliphatic carbocycles. The van der Waals surface area contributed by atoms with E-state index in [1.165, 1.54) is 12.1 Å². The highest BCUT2D eigenvalue weighted by Crippen LogP contribution is 2.32. The molecule has 0 spiro atoms. The fourth-order valence-electron chi connectivity index (χ4n) is 1.35. The Morgan fingerprint density at radius 3 is 2.16 bits per heavy atom. The van der Waals surface area contributed by atoms with E-state index in [0.29, 0.717) is 16.0 Å². The second kappa shape index (κ2) is 5.83. The van der Waals surface area contributed by atoms with Gasteiger partial charge < -0.3 is 4.74 Å². The summed E-state index contributed by atoms with van der Waals surface area (Å²) in [6, 6.07) is 11.6. The maximum absolute atomic E-state index is 11.2. The molecule has 0 amide bonds. The third-order valence-corrected chi connectivity index (χ3v) is 4.73. The van der Waals surface area contributed by atoms with Gasteiger partial charge in [0.1, 0.15) is 11.5 Å². The number of ether oxygens (including phenoxy) is 1. The number of hydrogen-bond acceptors (Lipinski definition) is 3. The lowest BCUT2D eigenvalue weighted by molar-refractivity contribution is 0.479. The summed E-state index contributed by atoms with van der Waals surface area (Å²) >= 11 is 6.58. The number of hydrogen-bond donors (Lipinski definition) is 0. The Bertz CT molecular complexity index is 699. The zero-order valence-electron chi connectivity index (χ0n) is 9.31. The fourth-order valence-corrected chi connectivity index (χ4v) is 3.00. The van der Waals surface area contributed by atoms with Crippen molar-refractivity contribution in [2.24, 2.45) is 0 Å². The Morgan fingerprint density at radius 2 is 1.63 bits per heavy atom. The van der Waals surface area contributed by atoms with Crippen LogP contribution in [0.5, 0.6) is 11.5 Å². The zero-order valence-corrected chi connectivity index (χ0v) is 14.1. The second-order valence-corrected chi connectivity index (χ2v) is 7.92. The highest BCUT2D eigenvalue weighted by molar-refractivity contribution is 9.10. The van der Waals surface area contributed by atoms with Crippen molar-refractivity contribution < 1.29 is 13.2 Å². The lowest BCUT2D eigenvalue weighted by Gasteiger charge is -2.08. The summed E-state index contributed by atoms with van der Waals surface area (Å²) in [5, 5.41) is 0. The molecule has 7 heteroatoms. The van der Waals surface area contributed by atoms with Crippen molar-refractivity contribution in [1.82, 2.24) is 0 Å². The van der Waals surface area contributed by atoms with Gasteiger partial charge in [-0.25, -0.2) is 8.42 Å². The van der Waals surface area contributed by atoms with Crippen LogP contribution < -0.4 is 4.74 Å². The van der Waals surface area contributed by atoms with Gasteiger partial charge in [-0.3, -0.25) is 0 Å². The molecule has 0 bridgehead atoms. The Hall–Kier alpha value is -0.560. The Labute approximate surface area is 132 Å². The molecule has 100 valence electrons. The molecule has 0 aromatic heterocycles. The van der Waals surface area contributed by atoms with Crippen LogP contribution in [0, 0.1) is 0 Å². The summed E-state index contributed by atoms with van der Waals surface area (Å²) < 4.78 is 29.5. The molecule has 3 nitrogen and oxygen atoms in total. The first-order chi connectivity index (χ1) is 8.86. The molecule has 2 aromatic carbocycles. The average Bonchev–Trinajstić information content (AvgIpc) is 2.33. The van der Waals surface area contributed by atoms with Crippen LogP contribution in [0.4, 0.5) is 0 Å². The molecule has 0 radical (unpaired) electrons. The van der Waals surface area contributed by atoms with Crippen LogP contribution in [0.3, 0.4) is 0 Å².